The van der Waals surface area contributed by atoms with Gasteiger partial charge in [0.2, 0.25) is 0 Å². The van der Waals surface area contributed by atoms with Crippen LogP contribution in [0.4, 0.5) is 35.1 Å². The Morgan fingerprint density at radius 2 is 0.857 bits per heavy atom. The summed E-state index contributed by atoms with van der Waals surface area (Å²) >= 11 is 0. The molecule has 2 aromatic carbocycles. The lowest BCUT2D eigenvalue weighted by molar-refractivity contribution is -0.193. The van der Waals surface area contributed by atoms with E-state index < -0.39 is 59.3 Å². The second-order valence-corrected chi connectivity index (χ2v) is 11.5. The van der Waals surface area contributed by atoms with Crippen molar-refractivity contribution in [2.45, 2.75) is 38.0 Å². The molecule has 306 valence electrons. The Kier molecular flexibility index (Phi) is 18.0. The van der Waals surface area contributed by atoms with Crippen molar-refractivity contribution in [3.8, 4) is 0 Å². The molecule has 2 heterocycles. The van der Waals surface area contributed by atoms with E-state index in [-0.39, 0.29) is 11.1 Å². The molecular formula is C34H36F8N6O8. The van der Waals surface area contributed by atoms with Gasteiger partial charge in [0, 0.05) is 47.3 Å². The Labute approximate surface area is 311 Å². The number of rotatable bonds is 17. The van der Waals surface area contributed by atoms with Crippen molar-refractivity contribution in [1.29, 1.82) is 0 Å². The zero-order chi connectivity index (χ0) is 42.1. The highest BCUT2D eigenvalue weighted by Crippen LogP contribution is 2.21. The van der Waals surface area contributed by atoms with E-state index in [9.17, 15) is 54.3 Å². The number of carbonyl (C=O) groups is 6. The largest absolute Gasteiger partial charge is 0.490 e. The fourth-order valence-corrected chi connectivity index (χ4v) is 4.55. The molecule has 0 saturated heterocycles. The number of unbranched alkanes of at least 4 members (excludes halogenated alkanes) is 1. The number of amides is 2. The summed E-state index contributed by atoms with van der Waals surface area (Å²) in [6.45, 7) is 3.69. The number of hydrogen-bond donors (Lipinski definition) is 8. The number of ketones is 2. The number of aromatic nitrogens is 2. The first-order chi connectivity index (χ1) is 26.2. The van der Waals surface area contributed by atoms with Crippen molar-refractivity contribution >= 4 is 57.1 Å². The predicted octanol–water partition coefficient (Wildman–Crippen LogP) is 4.23. The molecule has 14 nitrogen and oxygen atoms in total. The Bertz CT molecular complexity index is 1840. The van der Waals surface area contributed by atoms with Crippen molar-refractivity contribution < 1.29 is 74.1 Å². The van der Waals surface area contributed by atoms with Crippen LogP contribution in [0.1, 0.15) is 46.4 Å². The van der Waals surface area contributed by atoms with Gasteiger partial charge in [-0.15, -0.1) is 0 Å². The first-order valence-corrected chi connectivity index (χ1v) is 16.4. The topological polar surface area (TPSA) is 223 Å². The average Bonchev–Trinajstić information content (AvgIpc) is 3.74. The molecule has 2 amide bonds. The van der Waals surface area contributed by atoms with Crippen molar-refractivity contribution in [2.24, 2.45) is 0 Å². The minimum Gasteiger partial charge on any atom is -0.475 e. The van der Waals surface area contributed by atoms with Crippen LogP contribution in [0.15, 0.2) is 48.8 Å². The van der Waals surface area contributed by atoms with Crippen molar-refractivity contribution in [3.63, 3.8) is 0 Å². The molecule has 0 aliphatic rings. The van der Waals surface area contributed by atoms with Crippen molar-refractivity contribution in [1.82, 2.24) is 31.2 Å². The Morgan fingerprint density at radius 3 is 1.18 bits per heavy atom. The molecule has 2 aromatic heterocycles. The zero-order valence-electron chi connectivity index (χ0n) is 29.1. The third kappa shape index (κ3) is 15.5. The van der Waals surface area contributed by atoms with Gasteiger partial charge in [0.1, 0.15) is 11.6 Å². The molecular weight excluding hydrogens is 772 g/mol. The second kappa shape index (κ2) is 21.9. The molecule has 8 N–H and O–H groups in total. The van der Waals surface area contributed by atoms with E-state index >= 15 is 0 Å². The minimum atomic E-state index is -5.08. The van der Waals surface area contributed by atoms with Gasteiger partial charge in [-0.25, -0.2) is 18.4 Å². The van der Waals surface area contributed by atoms with Gasteiger partial charge in [0.05, 0.1) is 11.1 Å². The van der Waals surface area contributed by atoms with Gasteiger partial charge in [-0.1, -0.05) is 0 Å². The molecule has 0 aliphatic heterocycles. The Morgan fingerprint density at radius 1 is 0.536 bits per heavy atom. The number of carboxylic acid groups (broad SMARTS) is 2. The highest BCUT2D eigenvalue weighted by molar-refractivity contribution is 6.45. The number of halogens is 8. The first kappa shape index (κ1) is 46.3. The smallest absolute Gasteiger partial charge is 0.475 e. The van der Waals surface area contributed by atoms with Gasteiger partial charge < -0.3 is 41.4 Å². The third-order valence-corrected chi connectivity index (χ3v) is 7.26. The Hall–Kier alpha value is -5.90. The standard InChI is InChI=1S/C30H34F2N6O4.2C2HF3O2/c31-19-5-7-25-21(15-19)23(17-37-25)27(39)29(41)35-13-3-11-33-9-1-2-10-34-12-4-14-36-30(42)28(40)24-18-38-26-8-6-20(32)16-22(24)26;2*3-2(4,5)1(6)7/h5-8,15-18,33-34,37-38H,1-4,9-14H2,(H,35,41)(H,36,42);2*(H,6,7). The van der Waals surface area contributed by atoms with Crippen LogP contribution < -0.4 is 21.3 Å². The van der Waals surface area contributed by atoms with Crippen LogP contribution in [0.3, 0.4) is 0 Å². The molecule has 4 rings (SSSR count). The number of H-pyrrole nitrogens is 2. The second-order valence-electron chi connectivity index (χ2n) is 11.5. The SMILES string of the molecule is O=C(NCCCNCCCCNCCCNC(=O)C(=O)c1c[nH]c2ccc(F)cc12)C(=O)c1c[nH]c2ccc(F)cc12.O=C(O)C(F)(F)F.O=C(O)C(F)(F)F. The summed E-state index contributed by atoms with van der Waals surface area (Å²) in [5, 5.41) is 26.8. The molecule has 0 atom stereocenters. The van der Waals surface area contributed by atoms with Crippen molar-refractivity contribution in [3.05, 3.63) is 71.6 Å². The van der Waals surface area contributed by atoms with Gasteiger partial charge >= 0.3 is 24.3 Å². The Balaban J connectivity index is 0.000000657. The van der Waals surface area contributed by atoms with Gasteiger partial charge in [0.25, 0.3) is 23.4 Å². The van der Waals surface area contributed by atoms with E-state index in [1.807, 2.05) is 0 Å². The van der Waals surface area contributed by atoms with Gasteiger partial charge in [-0.3, -0.25) is 19.2 Å². The summed E-state index contributed by atoms with van der Waals surface area (Å²) in [4.78, 5) is 72.7. The molecule has 4 aromatic rings. The van der Waals surface area contributed by atoms with Crippen LogP contribution in [0.2, 0.25) is 0 Å². The number of aliphatic carboxylic acids is 2. The predicted molar refractivity (Wildman–Crippen MR) is 183 cm³/mol. The number of carbonyl (C=O) groups excluding carboxylic acids is 4. The summed E-state index contributed by atoms with van der Waals surface area (Å²) in [6.07, 6.45) is -4.12. The van der Waals surface area contributed by atoms with Crippen LogP contribution in [0.5, 0.6) is 0 Å². The van der Waals surface area contributed by atoms with Crippen LogP contribution in [0, 0.1) is 11.6 Å². The first-order valence-electron chi connectivity index (χ1n) is 16.4. The summed E-state index contributed by atoms with van der Waals surface area (Å²) in [5.41, 5.74) is 1.47. The van der Waals surface area contributed by atoms with E-state index in [0.717, 1.165) is 25.9 Å². The normalized spacial score (nSPS) is 11.2. The molecule has 22 heteroatoms. The molecule has 0 spiro atoms. The number of nitrogens with one attached hydrogen (secondary N) is 6. The van der Waals surface area contributed by atoms with E-state index in [1.54, 1.807) is 0 Å². The maximum Gasteiger partial charge on any atom is 0.490 e. The number of alkyl halides is 6. The van der Waals surface area contributed by atoms with E-state index in [0.29, 0.717) is 60.8 Å². The molecule has 56 heavy (non-hydrogen) atoms. The highest BCUT2D eigenvalue weighted by atomic mass is 19.4. The van der Waals surface area contributed by atoms with Crippen LogP contribution in [0.25, 0.3) is 21.8 Å². The quantitative estimate of drug-likeness (QED) is 0.0328. The number of benzene rings is 2. The molecule has 0 unspecified atom stereocenters. The number of aromatic amines is 2. The molecule has 0 bridgehead atoms. The third-order valence-electron chi connectivity index (χ3n) is 7.26. The van der Waals surface area contributed by atoms with Gasteiger partial charge in [-0.05, 0) is 88.3 Å². The maximum absolute atomic E-state index is 13.5. The molecule has 0 saturated carbocycles. The molecule has 0 fully saturated rings. The summed E-state index contributed by atoms with van der Waals surface area (Å²) < 4.78 is 90.5. The monoisotopic (exact) mass is 808 g/mol. The summed E-state index contributed by atoms with van der Waals surface area (Å²) in [6, 6.07) is 8.07. The molecule has 0 radical (unpaired) electrons. The van der Waals surface area contributed by atoms with Crippen molar-refractivity contribution in [2.75, 3.05) is 39.3 Å². The zero-order valence-corrected chi connectivity index (χ0v) is 29.1. The lowest BCUT2D eigenvalue weighted by Crippen LogP contribution is -2.33. The van der Waals surface area contributed by atoms with Crippen LogP contribution in [-0.4, -0.2) is 107 Å². The van der Waals surface area contributed by atoms with Crippen LogP contribution in [-0.2, 0) is 19.2 Å². The summed E-state index contributed by atoms with van der Waals surface area (Å²) in [5.74, 6) is -9.31. The van der Waals surface area contributed by atoms with Gasteiger partial charge in [-0.2, -0.15) is 26.3 Å². The lowest BCUT2D eigenvalue weighted by Gasteiger charge is -2.08. The average molecular weight is 809 g/mol. The van der Waals surface area contributed by atoms with E-state index in [4.69, 9.17) is 19.8 Å². The highest BCUT2D eigenvalue weighted by Gasteiger charge is 2.39. The minimum absolute atomic E-state index is 0.147. The summed E-state index contributed by atoms with van der Waals surface area (Å²) in [7, 11) is 0. The molecule has 0 aliphatic carbocycles. The fourth-order valence-electron chi connectivity index (χ4n) is 4.55. The fraction of sp³-hybridized carbons (Fsp3) is 0.353. The number of fused-ring (bicyclic) bond motifs is 2. The van der Waals surface area contributed by atoms with Crippen LogP contribution >= 0.6 is 0 Å². The number of carboxylic acids is 2. The van der Waals surface area contributed by atoms with E-state index in [1.165, 1.54) is 48.8 Å². The van der Waals surface area contributed by atoms with Gasteiger partial charge in [0.15, 0.2) is 0 Å². The van der Waals surface area contributed by atoms with E-state index in [2.05, 4.69) is 31.2 Å². The number of hydrogen-bond acceptors (Lipinski definition) is 8. The lowest BCUT2D eigenvalue weighted by atomic mass is 10.1. The number of Topliss-reactive ketones (excluding diaryl/α,β-unsaturated/α-hetero) is 2. The maximum atomic E-state index is 13.5.